The molecule has 0 bridgehead atoms. The van der Waals surface area contributed by atoms with Crippen molar-refractivity contribution in [3.8, 4) is 0 Å². The number of anilines is 1. The van der Waals surface area contributed by atoms with Gasteiger partial charge in [0.15, 0.2) is 11.9 Å². The van der Waals surface area contributed by atoms with Crippen LogP contribution >= 0.6 is 0 Å². The smallest absolute Gasteiger partial charge is 0.255 e. The quantitative estimate of drug-likeness (QED) is 0.385. The molecule has 0 fully saturated rings. The van der Waals surface area contributed by atoms with Crippen molar-refractivity contribution in [1.82, 2.24) is 9.80 Å². The van der Waals surface area contributed by atoms with E-state index >= 15 is 0 Å². The van der Waals surface area contributed by atoms with Crippen LogP contribution in [0, 0.1) is 10.8 Å². The third-order valence-electron chi connectivity index (χ3n) is 5.88. The molecular weight excluding hydrogens is 390 g/mol. The van der Waals surface area contributed by atoms with Gasteiger partial charge in [0.2, 0.25) is 0 Å². The number of carbonyl (C=O) groups excluding carboxylic acids is 1. The molecule has 0 saturated heterocycles. The molecule has 0 atom stereocenters. The van der Waals surface area contributed by atoms with Gasteiger partial charge >= 0.3 is 0 Å². The summed E-state index contributed by atoms with van der Waals surface area (Å²) in [7, 11) is 0. The lowest BCUT2D eigenvalue weighted by Gasteiger charge is -2.29. The van der Waals surface area contributed by atoms with Crippen molar-refractivity contribution in [3.63, 3.8) is 0 Å². The van der Waals surface area contributed by atoms with Crippen LogP contribution in [0.25, 0.3) is 5.57 Å². The topological polar surface area (TPSA) is 135 Å². The summed E-state index contributed by atoms with van der Waals surface area (Å²) in [6.45, 7) is 2.68. The van der Waals surface area contributed by atoms with Crippen LogP contribution < -0.4 is 16.8 Å². The summed E-state index contributed by atoms with van der Waals surface area (Å²) in [6, 6.07) is 13.5. The second kappa shape index (κ2) is 8.51. The van der Waals surface area contributed by atoms with Gasteiger partial charge < -0.3 is 26.6 Å². The van der Waals surface area contributed by atoms with E-state index in [0.717, 1.165) is 42.7 Å². The number of rotatable bonds is 3. The molecule has 0 aliphatic carbocycles. The lowest BCUT2D eigenvalue weighted by molar-refractivity contribution is 0.102. The molecule has 2 heterocycles. The number of nitrogens with one attached hydrogen (secondary N) is 3. The molecule has 8 nitrogen and oxygen atoms in total. The van der Waals surface area contributed by atoms with E-state index in [4.69, 9.17) is 22.3 Å². The number of benzene rings is 2. The van der Waals surface area contributed by atoms with Gasteiger partial charge in [-0.05, 0) is 59.4 Å². The van der Waals surface area contributed by atoms with Gasteiger partial charge in [-0.2, -0.15) is 0 Å². The van der Waals surface area contributed by atoms with Crippen LogP contribution in [-0.4, -0.2) is 47.3 Å². The highest BCUT2D eigenvalue weighted by molar-refractivity contribution is 6.04. The third kappa shape index (κ3) is 4.53. The number of fused-ring (bicyclic) bond motifs is 1. The monoisotopic (exact) mass is 417 g/mol. The lowest BCUT2D eigenvalue weighted by Crippen LogP contribution is -2.40. The Hall–Kier alpha value is -3.81. The maximum absolute atomic E-state index is 12.7. The zero-order valence-corrected chi connectivity index (χ0v) is 17.3. The van der Waals surface area contributed by atoms with Crippen LogP contribution in [0.3, 0.4) is 0 Å². The summed E-state index contributed by atoms with van der Waals surface area (Å²) in [5.74, 6) is 0.00636. The Morgan fingerprint density at radius 3 is 2.26 bits per heavy atom. The summed E-state index contributed by atoms with van der Waals surface area (Å²) in [5.41, 5.74) is 17.1. The maximum Gasteiger partial charge on any atom is 0.255 e. The van der Waals surface area contributed by atoms with E-state index in [1.165, 1.54) is 11.1 Å². The second-order valence-electron chi connectivity index (χ2n) is 7.88. The molecule has 1 amide bonds. The van der Waals surface area contributed by atoms with Gasteiger partial charge in [0, 0.05) is 37.4 Å². The lowest BCUT2D eigenvalue weighted by atomic mass is 9.98. The number of guanidine groups is 2. The summed E-state index contributed by atoms with van der Waals surface area (Å²) in [5, 5.41) is 18.1. The van der Waals surface area contributed by atoms with Gasteiger partial charge in [0.1, 0.15) is 0 Å². The van der Waals surface area contributed by atoms with Gasteiger partial charge in [-0.25, -0.2) is 0 Å². The fourth-order valence-corrected chi connectivity index (χ4v) is 4.03. The van der Waals surface area contributed by atoms with Gasteiger partial charge in [-0.15, -0.1) is 0 Å². The Balaban J connectivity index is 1.42. The van der Waals surface area contributed by atoms with E-state index < -0.39 is 0 Å². The molecule has 7 N–H and O–H groups in total. The van der Waals surface area contributed by atoms with Crippen LogP contribution in [0.2, 0.25) is 0 Å². The van der Waals surface area contributed by atoms with E-state index in [9.17, 15) is 4.79 Å². The molecule has 0 aromatic heterocycles. The van der Waals surface area contributed by atoms with Crippen LogP contribution in [-0.2, 0) is 13.0 Å². The minimum atomic E-state index is -0.161. The van der Waals surface area contributed by atoms with Gasteiger partial charge in [0.25, 0.3) is 5.91 Å². The molecule has 4 rings (SSSR count). The SMILES string of the molecule is N=C(N)N1CC=C(c2ccc(C(=O)Nc3ccc4c(c3)CN(C(=N)N)CC4)cc2)CC1. The van der Waals surface area contributed by atoms with E-state index in [-0.39, 0.29) is 17.8 Å². The van der Waals surface area contributed by atoms with Crippen molar-refractivity contribution < 1.29 is 4.79 Å². The Morgan fingerprint density at radius 1 is 0.903 bits per heavy atom. The Bertz CT molecular complexity index is 1060. The molecule has 2 aliphatic rings. The normalized spacial score (nSPS) is 15.7. The first kappa shape index (κ1) is 20.5. The van der Waals surface area contributed by atoms with Gasteiger partial charge in [-0.1, -0.05) is 24.3 Å². The predicted octanol–water partition coefficient (Wildman–Crippen LogP) is 2.17. The van der Waals surface area contributed by atoms with E-state index in [2.05, 4.69) is 11.4 Å². The van der Waals surface area contributed by atoms with Crippen molar-refractivity contribution in [3.05, 3.63) is 70.8 Å². The van der Waals surface area contributed by atoms with Gasteiger partial charge in [0.05, 0.1) is 0 Å². The number of nitrogens with zero attached hydrogens (tertiary/aromatic N) is 2. The highest BCUT2D eigenvalue weighted by atomic mass is 16.1. The first-order valence-corrected chi connectivity index (χ1v) is 10.3. The summed E-state index contributed by atoms with van der Waals surface area (Å²) >= 11 is 0. The number of amides is 1. The van der Waals surface area contributed by atoms with Crippen molar-refractivity contribution in [1.29, 1.82) is 10.8 Å². The molecule has 0 spiro atoms. The summed E-state index contributed by atoms with van der Waals surface area (Å²) < 4.78 is 0. The second-order valence-corrected chi connectivity index (χ2v) is 7.88. The molecular formula is C23H27N7O. The minimum absolute atomic E-state index is 0.0715. The standard InChI is InChI=1S/C23H27N7O/c24-22(25)29-10-7-17(8-11-29)15-1-3-18(4-2-15)21(31)28-20-6-5-16-9-12-30(23(26)27)14-19(16)13-20/h1-7,13H,8-12,14H2,(H3,24,25)(H3,26,27)(H,28,31). The van der Waals surface area contributed by atoms with Crippen LogP contribution in [0.4, 0.5) is 5.69 Å². The van der Waals surface area contributed by atoms with Crippen LogP contribution in [0.5, 0.6) is 0 Å². The minimum Gasteiger partial charge on any atom is -0.370 e. The molecule has 0 radical (unpaired) electrons. The number of hydrogen-bond acceptors (Lipinski definition) is 3. The van der Waals surface area contributed by atoms with E-state index in [1.807, 2.05) is 52.3 Å². The average molecular weight is 418 g/mol. The summed E-state index contributed by atoms with van der Waals surface area (Å²) in [6.07, 6.45) is 3.74. The molecule has 2 aromatic carbocycles. The zero-order valence-electron chi connectivity index (χ0n) is 17.3. The first-order valence-electron chi connectivity index (χ1n) is 10.3. The van der Waals surface area contributed by atoms with E-state index in [1.54, 1.807) is 0 Å². The van der Waals surface area contributed by atoms with Crippen LogP contribution in [0.1, 0.15) is 33.5 Å². The molecule has 2 aromatic rings. The molecule has 2 aliphatic heterocycles. The molecule has 0 unspecified atom stereocenters. The number of hydrogen-bond donors (Lipinski definition) is 5. The molecule has 0 saturated carbocycles. The zero-order chi connectivity index (χ0) is 22.0. The van der Waals surface area contributed by atoms with Crippen LogP contribution in [0.15, 0.2) is 48.5 Å². The van der Waals surface area contributed by atoms with Crippen molar-refractivity contribution in [2.75, 3.05) is 25.0 Å². The van der Waals surface area contributed by atoms with E-state index in [0.29, 0.717) is 18.7 Å². The molecule has 160 valence electrons. The number of nitrogens with two attached hydrogens (primary N) is 2. The average Bonchev–Trinajstić information content (AvgIpc) is 2.78. The fourth-order valence-electron chi connectivity index (χ4n) is 4.03. The Labute approximate surface area is 181 Å². The highest BCUT2D eigenvalue weighted by Crippen LogP contribution is 2.24. The van der Waals surface area contributed by atoms with Crippen molar-refractivity contribution in [2.45, 2.75) is 19.4 Å². The molecule has 31 heavy (non-hydrogen) atoms. The third-order valence-corrected chi connectivity index (χ3v) is 5.88. The van der Waals surface area contributed by atoms with Crippen molar-refractivity contribution in [2.24, 2.45) is 11.5 Å². The highest BCUT2D eigenvalue weighted by Gasteiger charge is 2.18. The largest absolute Gasteiger partial charge is 0.370 e. The van der Waals surface area contributed by atoms with Gasteiger partial charge in [-0.3, -0.25) is 15.6 Å². The molecule has 8 heteroatoms. The Morgan fingerprint density at radius 2 is 1.61 bits per heavy atom. The maximum atomic E-state index is 12.7. The summed E-state index contributed by atoms with van der Waals surface area (Å²) in [4.78, 5) is 16.4. The van der Waals surface area contributed by atoms with Crippen molar-refractivity contribution >= 4 is 29.1 Å². The predicted molar refractivity (Wildman–Crippen MR) is 123 cm³/mol. The first-order chi connectivity index (χ1) is 14.9. The number of carbonyl (C=O) groups is 1. The Kier molecular flexibility index (Phi) is 5.62. The fraction of sp³-hybridized carbons (Fsp3) is 0.261.